The van der Waals surface area contributed by atoms with Gasteiger partial charge in [-0.15, -0.1) is 0 Å². The van der Waals surface area contributed by atoms with Crippen LogP contribution in [-0.2, 0) is 4.74 Å². The van der Waals surface area contributed by atoms with Gasteiger partial charge in [0.2, 0.25) is 0 Å². The molecule has 0 aromatic carbocycles. The molecule has 0 aliphatic carbocycles. The Bertz CT molecular complexity index is 208. The van der Waals surface area contributed by atoms with Gasteiger partial charge in [0.15, 0.2) is 0 Å². The second-order valence-corrected chi connectivity index (χ2v) is 4.62. The third kappa shape index (κ3) is 6.84. The summed E-state index contributed by atoms with van der Waals surface area (Å²) in [6.07, 6.45) is 5.26. The highest BCUT2D eigenvalue weighted by Gasteiger charge is 2.21. The summed E-state index contributed by atoms with van der Waals surface area (Å²) in [4.78, 5) is 11.0. The number of rotatable bonds is 10. The zero-order valence-corrected chi connectivity index (χ0v) is 12.5. The molecule has 0 bridgehead atoms. The number of nitrogens with one attached hydrogen (secondary N) is 2. The summed E-state index contributed by atoms with van der Waals surface area (Å²) >= 11 is 0. The van der Waals surface area contributed by atoms with Crippen LogP contribution in [0.4, 0.5) is 4.79 Å². The van der Waals surface area contributed by atoms with E-state index in [1.165, 1.54) is 19.3 Å². The molecule has 0 aromatic heterocycles. The molecule has 2 N–H and O–H groups in total. The van der Waals surface area contributed by atoms with Gasteiger partial charge in [-0.3, -0.25) is 0 Å². The molecule has 0 heterocycles. The van der Waals surface area contributed by atoms with Gasteiger partial charge >= 0.3 is 6.09 Å². The summed E-state index contributed by atoms with van der Waals surface area (Å²) in [6, 6.07) is 0. The fourth-order valence-electron chi connectivity index (χ4n) is 2.10. The first-order chi connectivity index (χ1) is 8.64. The van der Waals surface area contributed by atoms with Gasteiger partial charge in [0.25, 0.3) is 0 Å². The molecule has 0 aliphatic rings. The van der Waals surface area contributed by atoms with E-state index in [1.807, 2.05) is 6.92 Å². The normalized spacial score (nSPS) is 11.3. The average molecular weight is 258 g/mol. The van der Waals surface area contributed by atoms with Gasteiger partial charge in [-0.05, 0) is 45.6 Å². The van der Waals surface area contributed by atoms with Gasteiger partial charge in [0.1, 0.15) is 0 Å². The maximum absolute atomic E-state index is 11.0. The number of ether oxygens (including phenoxy) is 1. The van der Waals surface area contributed by atoms with Crippen molar-refractivity contribution >= 4 is 6.09 Å². The number of amides is 1. The average Bonchev–Trinajstić information content (AvgIpc) is 2.39. The Hall–Kier alpha value is -0.770. The second-order valence-electron chi connectivity index (χ2n) is 4.62. The molecule has 0 saturated carbocycles. The number of hydrogen-bond donors (Lipinski definition) is 2. The Morgan fingerprint density at radius 2 is 1.56 bits per heavy atom. The van der Waals surface area contributed by atoms with Gasteiger partial charge < -0.3 is 15.4 Å². The van der Waals surface area contributed by atoms with E-state index in [0.29, 0.717) is 18.7 Å². The van der Waals surface area contributed by atoms with E-state index in [-0.39, 0.29) is 6.09 Å². The largest absolute Gasteiger partial charge is 0.450 e. The first-order valence-electron chi connectivity index (χ1n) is 7.29. The number of hydrogen-bond acceptors (Lipinski definition) is 3. The molecule has 0 saturated heterocycles. The first kappa shape index (κ1) is 17.2. The van der Waals surface area contributed by atoms with E-state index in [9.17, 15) is 4.79 Å². The highest BCUT2D eigenvalue weighted by atomic mass is 16.5. The SMILES string of the molecule is CCOC(=O)NCCCCNC(CC)(CC)CC. The van der Waals surface area contributed by atoms with Crippen LogP contribution in [0.25, 0.3) is 0 Å². The van der Waals surface area contributed by atoms with Crippen LogP contribution in [0.1, 0.15) is 59.8 Å². The molecule has 0 rings (SSSR count). The van der Waals surface area contributed by atoms with Crippen LogP contribution in [0.2, 0.25) is 0 Å². The fourth-order valence-corrected chi connectivity index (χ4v) is 2.10. The van der Waals surface area contributed by atoms with E-state index < -0.39 is 0 Å². The number of carbonyl (C=O) groups excluding carboxylic acids is 1. The minimum atomic E-state index is -0.310. The molecule has 18 heavy (non-hydrogen) atoms. The van der Waals surface area contributed by atoms with E-state index in [0.717, 1.165) is 19.4 Å². The van der Waals surface area contributed by atoms with Crippen LogP contribution >= 0.6 is 0 Å². The van der Waals surface area contributed by atoms with Gasteiger partial charge in [0.05, 0.1) is 6.61 Å². The van der Waals surface area contributed by atoms with E-state index >= 15 is 0 Å². The zero-order chi connectivity index (χ0) is 13.9. The fraction of sp³-hybridized carbons (Fsp3) is 0.929. The standard InChI is InChI=1S/C14H30N2O2/c1-5-14(6-2,7-3)16-12-10-9-11-15-13(17)18-8-4/h16H,5-12H2,1-4H3,(H,15,17). The van der Waals surface area contributed by atoms with Crippen LogP contribution in [0.15, 0.2) is 0 Å². The molecular weight excluding hydrogens is 228 g/mol. The molecule has 0 radical (unpaired) electrons. The van der Waals surface area contributed by atoms with Gasteiger partial charge in [0, 0.05) is 12.1 Å². The molecule has 4 heteroatoms. The summed E-state index contributed by atoms with van der Waals surface area (Å²) in [5.74, 6) is 0. The lowest BCUT2D eigenvalue weighted by atomic mass is 9.90. The van der Waals surface area contributed by atoms with Crippen molar-refractivity contribution in [3.63, 3.8) is 0 Å². The van der Waals surface area contributed by atoms with Crippen molar-refractivity contribution in [2.75, 3.05) is 19.7 Å². The Labute approximate surface area is 112 Å². The summed E-state index contributed by atoms with van der Waals surface area (Å²) in [5, 5.41) is 6.39. The molecule has 1 amide bonds. The van der Waals surface area contributed by atoms with Gasteiger partial charge in [-0.2, -0.15) is 0 Å². The summed E-state index contributed by atoms with van der Waals surface area (Å²) in [5.41, 5.74) is 0.300. The van der Waals surface area contributed by atoms with E-state index in [1.54, 1.807) is 0 Å². The third-order valence-electron chi connectivity index (χ3n) is 3.68. The van der Waals surface area contributed by atoms with Crippen LogP contribution in [-0.4, -0.2) is 31.3 Å². The minimum absolute atomic E-state index is 0.300. The lowest BCUT2D eigenvalue weighted by Crippen LogP contribution is -2.44. The summed E-state index contributed by atoms with van der Waals surface area (Å²) in [6.45, 7) is 10.7. The molecule has 0 aliphatic heterocycles. The van der Waals surface area contributed by atoms with Crippen LogP contribution < -0.4 is 10.6 Å². The van der Waals surface area contributed by atoms with Crippen LogP contribution in [0, 0.1) is 0 Å². The number of alkyl carbamates (subject to hydrolysis) is 1. The lowest BCUT2D eigenvalue weighted by molar-refractivity contribution is 0.152. The lowest BCUT2D eigenvalue weighted by Gasteiger charge is -2.32. The smallest absolute Gasteiger partial charge is 0.407 e. The van der Waals surface area contributed by atoms with Crippen molar-refractivity contribution in [2.45, 2.75) is 65.3 Å². The van der Waals surface area contributed by atoms with Crippen molar-refractivity contribution in [1.29, 1.82) is 0 Å². The molecule has 0 fully saturated rings. The van der Waals surface area contributed by atoms with E-state index in [2.05, 4.69) is 31.4 Å². The summed E-state index contributed by atoms with van der Waals surface area (Å²) < 4.78 is 4.79. The monoisotopic (exact) mass is 258 g/mol. The predicted molar refractivity (Wildman–Crippen MR) is 75.9 cm³/mol. The molecule has 108 valence electrons. The third-order valence-corrected chi connectivity index (χ3v) is 3.68. The zero-order valence-electron chi connectivity index (χ0n) is 12.5. The quantitative estimate of drug-likeness (QED) is 0.592. The highest BCUT2D eigenvalue weighted by Crippen LogP contribution is 2.18. The maximum Gasteiger partial charge on any atom is 0.407 e. The Kier molecular flexibility index (Phi) is 9.74. The first-order valence-corrected chi connectivity index (χ1v) is 7.29. The topological polar surface area (TPSA) is 50.4 Å². The Morgan fingerprint density at radius 1 is 1.00 bits per heavy atom. The van der Waals surface area contributed by atoms with Crippen molar-refractivity contribution < 1.29 is 9.53 Å². The van der Waals surface area contributed by atoms with Crippen molar-refractivity contribution in [3.8, 4) is 0 Å². The number of carbonyl (C=O) groups is 1. The van der Waals surface area contributed by atoms with Crippen molar-refractivity contribution in [1.82, 2.24) is 10.6 Å². The number of unbranched alkanes of at least 4 members (excludes halogenated alkanes) is 1. The Morgan fingerprint density at radius 3 is 2.06 bits per heavy atom. The Balaban J connectivity index is 3.58. The second kappa shape index (κ2) is 10.2. The predicted octanol–water partition coefficient (Wildman–Crippen LogP) is 3.07. The molecular formula is C14H30N2O2. The van der Waals surface area contributed by atoms with Crippen LogP contribution in [0.5, 0.6) is 0 Å². The maximum atomic E-state index is 11.0. The van der Waals surface area contributed by atoms with Crippen molar-refractivity contribution in [2.24, 2.45) is 0 Å². The molecule has 4 nitrogen and oxygen atoms in total. The summed E-state index contributed by atoms with van der Waals surface area (Å²) in [7, 11) is 0. The molecule has 0 atom stereocenters. The van der Waals surface area contributed by atoms with Crippen molar-refractivity contribution in [3.05, 3.63) is 0 Å². The molecule has 0 aromatic rings. The van der Waals surface area contributed by atoms with Crippen LogP contribution in [0.3, 0.4) is 0 Å². The molecule has 0 unspecified atom stereocenters. The van der Waals surface area contributed by atoms with Gasteiger partial charge in [-0.1, -0.05) is 20.8 Å². The highest BCUT2D eigenvalue weighted by molar-refractivity contribution is 5.66. The minimum Gasteiger partial charge on any atom is -0.450 e. The molecule has 0 spiro atoms. The van der Waals surface area contributed by atoms with Gasteiger partial charge in [-0.25, -0.2) is 4.79 Å². The van der Waals surface area contributed by atoms with E-state index in [4.69, 9.17) is 4.74 Å².